The highest BCUT2D eigenvalue weighted by Gasteiger charge is 2.11. The van der Waals surface area contributed by atoms with Crippen LogP contribution >= 0.6 is 31.9 Å². The first-order chi connectivity index (χ1) is 8.04. The van der Waals surface area contributed by atoms with Gasteiger partial charge in [0, 0.05) is 5.33 Å². The number of aryl methyl sites for hydroxylation is 2. The second-order valence-electron chi connectivity index (χ2n) is 4.15. The van der Waals surface area contributed by atoms with Gasteiger partial charge in [-0.05, 0) is 53.9 Å². The zero-order chi connectivity index (χ0) is 12.6. The van der Waals surface area contributed by atoms with Gasteiger partial charge in [0.2, 0.25) is 0 Å². The Morgan fingerprint density at radius 1 is 1.24 bits per heavy atom. The third-order valence-electron chi connectivity index (χ3n) is 2.85. The zero-order valence-corrected chi connectivity index (χ0v) is 13.3. The van der Waals surface area contributed by atoms with Gasteiger partial charge in [-0.25, -0.2) is 4.68 Å². The Morgan fingerprint density at radius 2 is 1.94 bits per heavy atom. The SMILES string of the molecule is Cc1cc(CBr)ccc1-n1nc(C)c(Br)c1C. The van der Waals surface area contributed by atoms with Crippen LogP contribution in [0.5, 0.6) is 0 Å². The van der Waals surface area contributed by atoms with Crippen LogP contribution < -0.4 is 0 Å². The molecular formula is C13H14Br2N2. The number of halogens is 2. The van der Waals surface area contributed by atoms with Gasteiger partial charge in [0.15, 0.2) is 0 Å². The quantitative estimate of drug-likeness (QED) is 0.726. The molecule has 4 heteroatoms. The van der Waals surface area contributed by atoms with Crippen LogP contribution in [-0.2, 0) is 5.33 Å². The summed E-state index contributed by atoms with van der Waals surface area (Å²) in [6.07, 6.45) is 0. The lowest BCUT2D eigenvalue weighted by Gasteiger charge is -2.09. The lowest BCUT2D eigenvalue weighted by Crippen LogP contribution is -2.02. The summed E-state index contributed by atoms with van der Waals surface area (Å²) in [7, 11) is 0. The second kappa shape index (κ2) is 4.94. The first-order valence-electron chi connectivity index (χ1n) is 5.42. The van der Waals surface area contributed by atoms with E-state index < -0.39 is 0 Å². The van der Waals surface area contributed by atoms with Crippen molar-refractivity contribution >= 4 is 31.9 Å². The summed E-state index contributed by atoms with van der Waals surface area (Å²) < 4.78 is 3.08. The van der Waals surface area contributed by atoms with Gasteiger partial charge in [0.1, 0.15) is 0 Å². The van der Waals surface area contributed by atoms with Crippen LogP contribution in [0.25, 0.3) is 5.69 Å². The highest BCUT2D eigenvalue weighted by molar-refractivity contribution is 9.10. The molecule has 2 aromatic rings. The van der Waals surface area contributed by atoms with Gasteiger partial charge in [-0.1, -0.05) is 28.1 Å². The van der Waals surface area contributed by atoms with Crippen molar-refractivity contribution in [2.45, 2.75) is 26.1 Å². The minimum absolute atomic E-state index is 0.884. The highest BCUT2D eigenvalue weighted by Crippen LogP contribution is 2.25. The van der Waals surface area contributed by atoms with Crippen LogP contribution in [0.15, 0.2) is 22.7 Å². The van der Waals surface area contributed by atoms with Crippen LogP contribution in [0.1, 0.15) is 22.5 Å². The van der Waals surface area contributed by atoms with Crippen molar-refractivity contribution in [3.05, 3.63) is 45.2 Å². The Bertz CT molecular complexity index is 559. The molecule has 1 heterocycles. The molecule has 0 spiro atoms. The van der Waals surface area contributed by atoms with E-state index in [2.05, 4.69) is 69.0 Å². The molecule has 0 fully saturated rings. The molecule has 0 N–H and O–H groups in total. The number of hydrogen-bond donors (Lipinski definition) is 0. The fourth-order valence-corrected chi connectivity index (χ4v) is 2.49. The number of nitrogens with zero attached hydrogens (tertiary/aromatic N) is 2. The average molecular weight is 358 g/mol. The average Bonchev–Trinajstić information content (AvgIpc) is 2.57. The van der Waals surface area contributed by atoms with E-state index in [1.54, 1.807) is 0 Å². The summed E-state index contributed by atoms with van der Waals surface area (Å²) in [6.45, 7) is 6.20. The van der Waals surface area contributed by atoms with Crippen molar-refractivity contribution < 1.29 is 0 Å². The smallest absolute Gasteiger partial charge is 0.0743 e. The number of rotatable bonds is 2. The largest absolute Gasteiger partial charge is 0.236 e. The molecule has 17 heavy (non-hydrogen) atoms. The van der Waals surface area contributed by atoms with Crippen LogP contribution in [-0.4, -0.2) is 9.78 Å². The van der Waals surface area contributed by atoms with Crippen molar-refractivity contribution in [3.8, 4) is 5.69 Å². The van der Waals surface area contributed by atoms with Crippen molar-refractivity contribution in [2.75, 3.05) is 0 Å². The first-order valence-corrected chi connectivity index (χ1v) is 7.33. The normalized spacial score (nSPS) is 10.9. The minimum atomic E-state index is 0.884. The molecule has 0 aliphatic carbocycles. The Morgan fingerprint density at radius 3 is 2.41 bits per heavy atom. The summed E-state index contributed by atoms with van der Waals surface area (Å²) in [5, 5.41) is 5.44. The highest BCUT2D eigenvalue weighted by atomic mass is 79.9. The molecule has 2 rings (SSSR count). The predicted molar refractivity (Wildman–Crippen MR) is 78.1 cm³/mol. The van der Waals surface area contributed by atoms with E-state index in [0.717, 1.165) is 26.9 Å². The van der Waals surface area contributed by atoms with E-state index in [1.165, 1.54) is 11.1 Å². The van der Waals surface area contributed by atoms with Gasteiger partial charge < -0.3 is 0 Å². The van der Waals surface area contributed by atoms with E-state index in [0.29, 0.717) is 0 Å². The maximum absolute atomic E-state index is 4.55. The standard InChI is InChI=1S/C13H14Br2N2/c1-8-6-11(7-14)4-5-12(8)17-10(3)13(15)9(2)16-17/h4-6H,7H2,1-3H3. The topological polar surface area (TPSA) is 17.8 Å². The van der Waals surface area contributed by atoms with Crippen molar-refractivity contribution in [1.29, 1.82) is 0 Å². The summed E-state index contributed by atoms with van der Waals surface area (Å²) >= 11 is 7.03. The Hall–Kier alpha value is -0.610. The van der Waals surface area contributed by atoms with Gasteiger partial charge >= 0.3 is 0 Å². The second-order valence-corrected chi connectivity index (χ2v) is 5.50. The Labute approximate surface area is 118 Å². The van der Waals surface area contributed by atoms with Crippen LogP contribution in [0.3, 0.4) is 0 Å². The van der Waals surface area contributed by atoms with Gasteiger partial charge in [-0.15, -0.1) is 0 Å². The molecule has 90 valence electrons. The summed E-state index contributed by atoms with van der Waals surface area (Å²) in [4.78, 5) is 0. The Kier molecular flexibility index (Phi) is 3.73. The molecule has 0 radical (unpaired) electrons. The van der Waals surface area contributed by atoms with E-state index >= 15 is 0 Å². The molecule has 0 saturated carbocycles. The monoisotopic (exact) mass is 356 g/mol. The molecule has 2 nitrogen and oxygen atoms in total. The molecule has 0 bridgehead atoms. The lowest BCUT2D eigenvalue weighted by atomic mass is 10.1. The van der Waals surface area contributed by atoms with Crippen LogP contribution in [0, 0.1) is 20.8 Å². The molecule has 0 unspecified atom stereocenters. The van der Waals surface area contributed by atoms with E-state index in [1.807, 2.05) is 11.6 Å². The third kappa shape index (κ3) is 2.33. The van der Waals surface area contributed by atoms with Crippen molar-refractivity contribution in [2.24, 2.45) is 0 Å². The lowest BCUT2D eigenvalue weighted by molar-refractivity contribution is 0.826. The first kappa shape index (κ1) is 12.8. The summed E-state index contributed by atoms with van der Waals surface area (Å²) in [6, 6.07) is 6.44. The fraction of sp³-hybridized carbons (Fsp3) is 0.308. The molecule has 0 saturated heterocycles. The van der Waals surface area contributed by atoms with Gasteiger partial charge in [-0.3, -0.25) is 0 Å². The van der Waals surface area contributed by atoms with Crippen molar-refractivity contribution in [3.63, 3.8) is 0 Å². The maximum atomic E-state index is 4.55. The fourth-order valence-electron chi connectivity index (χ4n) is 1.90. The van der Waals surface area contributed by atoms with E-state index in [4.69, 9.17) is 0 Å². The molecule has 0 atom stereocenters. The molecular weight excluding hydrogens is 344 g/mol. The van der Waals surface area contributed by atoms with Crippen LogP contribution in [0.4, 0.5) is 0 Å². The van der Waals surface area contributed by atoms with Crippen molar-refractivity contribution in [1.82, 2.24) is 9.78 Å². The van der Waals surface area contributed by atoms with Crippen LogP contribution in [0.2, 0.25) is 0 Å². The number of benzene rings is 1. The number of aromatic nitrogens is 2. The molecule has 0 aliphatic rings. The summed E-state index contributed by atoms with van der Waals surface area (Å²) in [5.74, 6) is 0. The Balaban J connectivity index is 2.57. The van der Waals surface area contributed by atoms with E-state index in [9.17, 15) is 0 Å². The molecule has 0 aliphatic heterocycles. The molecule has 0 amide bonds. The maximum Gasteiger partial charge on any atom is 0.0743 e. The van der Waals surface area contributed by atoms with E-state index in [-0.39, 0.29) is 0 Å². The molecule has 1 aromatic heterocycles. The number of alkyl halides is 1. The number of hydrogen-bond acceptors (Lipinski definition) is 1. The minimum Gasteiger partial charge on any atom is -0.236 e. The summed E-state index contributed by atoms with van der Waals surface area (Å²) in [5.41, 5.74) is 5.82. The van der Waals surface area contributed by atoms with Gasteiger partial charge in [0.25, 0.3) is 0 Å². The third-order valence-corrected chi connectivity index (χ3v) is 4.64. The van der Waals surface area contributed by atoms with Gasteiger partial charge in [0.05, 0.1) is 21.5 Å². The van der Waals surface area contributed by atoms with Gasteiger partial charge in [-0.2, -0.15) is 5.10 Å². The predicted octanol–water partition coefficient (Wildman–Crippen LogP) is 4.45. The zero-order valence-electron chi connectivity index (χ0n) is 10.1. The molecule has 1 aromatic carbocycles.